The highest BCUT2D eigenvalue weighted by Gasteiger charge is 2.50. The molecule has 6 nitrogen and oxygen atoms in total. The molecule has 156 valence electrons. The molecule has 6 rings (SSSR count). The summed E-state index contributed by atoms with van der Waals surface area (Å²) >= 11 is 0. The van der Waals surface area contributed by atoms with Crippen LogP contribution in [-0.2, 0) is 4.79 Å². The van der Waals surface area contributed by atoms with Crippen LogP contribution >= 0.6 is 0 Å². The molecule has 2 saturated carbocycles. The zero-order chi connectivity index (χ0) is 21.2. The molecule has 2 unspecified atom stereocenters. The maximum absolute atomic E-state index is 10.4. The van der Waals surface area contributed by atoms with Gasteiger partial charge in [-0.25, -0.2) is 9.97 Å². The van der Waals surface area contributed by atoms with Crippen LogP contribution in [0.3, 0.4) is 0 Å². The number of benzene rings is 2. The fourth-order valence-corrected chi connectivity index (χ4v) is 4.52. The number of imidazole rings is 2. The number of nitrogens with zero attached hydrogens (tertiary/aromatic N) is 2. The van der Waals surface area contributed by atoms with Gasteiger partial charge >= 0.3 is 5.97 Å². The first-order valence-electron chi connectivity index (χ1n) is 10.6. The number of nitrogens with one attached hydrogen (secondary N) is 2. The van der Waals surface area contributed by atoms with Crippen molar-refractivity contribution in [3.05, 3.63) is 73.6 Å². The van der Waals surface area contributed by atoms with Crippen LogP contribution in [0.4, 0.5) is 0 Å². The van der Waals surface area contributed by atoms with E-state index in [1.807, 2.05) is 12.4 Å². The van der Waals surface area contributed by atoms with Crippen molar-refractivity contribution in [2.24, 2.45) is 17.8 Å². The number of rotatable bonds is 4. The molecule has 2 aromatic heterocycles. The molecular formula is C25H24N4O2. The van der Waals surface area contributed by atoms with E-state index in [4.69, 9.17) is 5.11 Å². The molecule has 2 fully saturated rings. The molecule has 2 aliphatic carbocycles. The van der Waals surface area contributed by atoms with E-state index in [0.29, 0.717) is 5.92 Å². The number of hydrogen-bond donors (Lipinski definition) is 3. The smallest absolute Gasteiger partial charge is 0.306 e. The van der Waals surface area contributed by atoms with Gasteiger partial charge in [0.2, 0.25) is 0 Å². The number of carbonyl (C=O) groups is 1. The van der Waals surface area contributed by atoms with Gasteiger partial charge in [0.15, 0.2) is 0 Å². The zero-order valence-electron chi connectivity index (χ0n) is 17.0. The zero-order valence-corrected chi connectivity index (χ0v) is 17.0. The van der Waals surface area contributed by atoms with Crippen molar-refractivity contribution in [2.45, 2.75) is 19.3 Å². The van der Waals surface area contributed by atoms with E-state index in [-0.39, 0.29) is 5.92 Å². The summed E-state index contributed by atoms with van der Waals surface area (Å²) < 4.78 is 0. The Labute approximate surface area is 180 Å². The van der Waals surface area contributed by atoms with Crippen LogP contribution in [-0.4, -0.2) is 31.0 Å². The third kappa shape index (κ3) is 3.89. The number of carboxylic acids is 1. The molecule has 0 amide bonds. The SMILES string of the molecule is O=C(O)C1CC2CC[C@H]21.c1ncc(-c2ccc(-c3ccc(-c4cnc[nH]4)cc3)cc2)[nH]1. The summed E-state index contributed by atoms with van der Waals surface area (Å²) in [5.74, 6) is 0.827. The highest BCUT2D eigenvalue weighted by atomic mass is 16.4. The van der Waals surface area contributed by atoms with Crippen LogP contribution in [0.5, 0.6) is 0 Å². The molecule has 2 aliphatic rings. The predicted molar refractivity (Wildman–Crippen MR) is 119 cm³/mol. The maximum Gasteiger partial charge on any atom is 0.306 e. The maximum atomic E-state index is 10.4. The van der Waals surface area contributed by atoms with Gasteiger partial charge in [0.1, 0.15) is 0 Å². The number of fused-ring (bicyclic) bond motifs is 1. The highest BCUT2D eigenvalue weighted by molar-refractivity contribution is 5.72. The standard InChI is InChI=1S/C18H14N4.C7H10O2/c1-5-15(17-9-19-11-21-17)6-2-13(1)14-3-7-16(8-4-14)18-10-20-12-22-18;8-7(9)6-3-4-1-2-5(4)6/h1-12H,(H,19,21)(H,20,22);4-6H,1-3H2,(H,8,9)/t;4?,5-,6?/m.1/s1. The van der Waals surface area contributed by atoms with Gasteiger partial charge in [-0.2, -0.15) is 0 Å². The van der Waals surface area contributed by atoms with E-state index in [0.717, 1.165) is 34.9 Å². The molecule has 31 heavy (non-hydrogen) atoms. The summed E-state index contributed by atoms with van der Waals surface area (Å²) in [6.45, 7) is 0. The summed E-state index contributed by atoms with van der Waals surface area (Å²) in [6, 6.07) is 16.9. The lowest BCUT2D eigenvalue weighted by atomic mass is 9.53. The summed E-state index contributed by atoms with van der Waals surface area (Å²) in [5, 5.41) is 8.56. The van der Waals surface area contributed by atoms with Crippen LogP contribution in [0.15, 0.2) is 73.6 Å². The Kier molecular flexibility index (Phi) is 5.12. The van der Waals surface area contributed by atoms with Crippen molar-refractivity contribution >= 4 is 5.97 Å². The van der Waals surface area contributed by atoms with E-state index in [9.17, 15) is 4.79 Å². The van der Waals surface area contributed by atoms with Crippen molar-refractivity contribution in [1.29, 1.82) is 0 Å². The number of aromatic nitrogens is 4. The van der Waals surface area contributed by atoms with Crippen LogP contribution < -0.4 is 0 Å². The average molecular weight is 412 g/mol. The fourth-order valence-electron chi connectivity index (χ4n) is 4.52. The van der Waals surface area contributed by atoms with E-state index < -0.39 is 5.97 Å². The minimum atomic E-state index is -0.573. The first kappa shape index (κ1) is 19.3. The van der Waals surface area contributed by atoms with Gasteiger partial charge < -0.3 is 15.1 Å². The minimum absolute atomic E-state index is 0.0312. The normalized spacial score (nSPS) is 21.1. The Hall–Kier alpha value is -3.67. The number of aliphatic carboxylic acids is 1. The molecule has 0 spiro atoms. The van der Waals surface area contributed by atoms with Crippen LogP contribution in [0.2, 0.25) is 0 Å². The average Bonchev–Trinajstić information content (AvgIpc) is 3.51. The van der Waals surface area contributed by atoms with Crippen molar-refractivity contribution in [3.8, 4) is 33.6 Å². The highest BCUT2D eigenvalue weighted by Crippen LogP contribution is 2.54. The fraction of sp³-hybridized carbons (Fsp3) is 0.240. The largest absolute Gasteiger partial charge is 0.481 e. The van der Waals surface area contributed by atoms with Gasteiger partial charge in [0, 0.05) is 0 Å². The molecule has 0 aliphatic heterocycles. The summed E-state index contributed by atoms with van der Waals surface area (Å²) in [6.07, 6.45) is 10.5. The van der Waals surface area contributed by atoms with Crippen LogP contribution in [0, 0.1) is 17.8 Å². The first-order valence-corrected chi connectivity index (χ1v) is 10.6. The molecule has 2 heterocycles. The van der Waals surface area contributed by atoms with E-state index in [1.165, 1.54) is 24.0 Å². The quantitative estimate of drug-likeness (QED) is 0.427. The number of H-pyrrole nitrogens is 2. The predicted octanol–water partition coefficient (Wildman–Crippen LogP) is 5.25. The number of carboxylic acid groups (broad SMARTS) is 1. The van der Waals surface area contributed by atoms with Gasteiger partial charge in [-0.1, -0.05) is 48.5 Å². The van der Waals surface area contributed by atoms with Gasteiger partial charge in [-0.3, -0.25) is 4.79 Å². The van der Waals surface area contributed by atoms with Crippen molar-refractivity contribution in [1.82, 2.24) is 19.9 Å². The Balaban J connectivity index is 0.000000189. The lowest BCUT2D eigenvalue weighted by Gasteiger charge is -2.50. The van der Waals surface area contributed by atoms with Gasteiger partial charge in [0.05, 0.1) is 42.4 Å². The summed E-state index contributed by atoms with van der Waals surface area (Å²) in [4.78, 5) is 24.7. The van der Waals surface area contributed by atoms with Crippen molar-refractivity contribution in [2.75, 3.05) is 0 Å². The molecule has 6 heteroatoms. The molecule has 0 bridgehead atoms. The molecule has 0 saturated heterocycles. The number of aromatic amines is 2. The topological polar surface area (TPSA) is 94.7 Å². The van der Waals surface area contributed by atoms with Crippen LogP contribution in [0.25, 0.3) is 33.6 Å². The molecule has 3 N–H and O–H groups in total. The summed E-state index contributed by atoms with van der Waals surface area (Å²) in [7, 11) is 0. The minimum Gasteiger partial charge on any atom is -0.481 e. The molecule has 2 aromatic carbocycles. The Morgan fingerprint density at radius 1 is 0.774 bits per heavy atom. The molecule has 4 aromatic rings. The van der Waals surface area contributed by atoms with Crippen molar-refractivity contribution in [3.63, 3.8) is 0 Å². The monoisotopic (exact) mass is 412 g/mol. The second kappa shape index (κ2) is 8.22. The summed E-state index contributed by atoms with van der Waals surface area (Å²) in [5.41, 5.74) is 6.71. The van der Waals surface area contributed by atoms with Gasteiger partial charge in [-0.15, -0.1) is 0 Å². The third-order valence-corrected chi connectivity index (χ3v) is 6.59. The Morgan fingerprint density at radius 2 is 1.26 bits per heavy atom. The van der Waals surface area contributed by atoms with Crippen molar-refractivity contribution < 1.29 is 9.90 Å². The Bertz CT molecular complexity index is 1060. The first-order chi connectivity index (χ1) is 15.2. The molecule has 0 radical (unpaired) electrons. The molecular weight excluding hydrogens is 388 g/mol. The van der Waals surface area contributed by atoms with Gasteiger partial charge in [0.25, 0.3) is 0 Å². The van der Waals surface area contributed by atoms with E-state index in [1.54, 1.807) is 12.7 Å². The Morgan fingerprint density at radius 3 is 1.52 bits per heavy atom. The van der Waals surface area contributed by atoms with Crippen LogP contribution in [0.1, 0.15) is 19.3 Å². The van der Waals surface area contributed by atoms with Gasteiger partial charge in [-0.05, 0) is 53.4 Å². The number of hydrogen-bond acceptors (Lipinski definition) is 3. The lowest BCUT2D eigenvalue weighted by molar-refractivity contribution is -0.157. The second-order valence-corrected chi connectivity index (χ2v) is 8.27. The van der Waals surface area contributed by atoms with E-state index in [2.05, 4.69) is 68.5 Å². The second-order valence-electron chi connectivity index (χ2n) is 8.27. The van der Waals surface area contributed by atoms with E-state index >= 15 is 0 Å². The molecule has 3 atom stereocenters. The lowest BCUT2D eigenvalue weighted by Crippen LogP contribution is -2.47. The third-order valence-electron chi connectivity index (χ3n) is 6.59.